The van der Waals surface area contributed by atoms with Crippen molar-refractivity contribution >= 4 is 17.5 Å². The fourth-order valence-electron chi connectivity index (χ4n) is 4.33. The van der Waals surface area contributed by atoms with E-state index in [1.807, 2.05) is 0 Å². The molecule has 4 rings (SSSR count). The van der Waals surface area contributed by atoms with Crippen molar-refractivity contribution in [3.8, 4) is 11.3 Å². The third-order valence-corrected chi connectivity index (χ3v) is 7.04. The van der Waals surface area contributed by atoms with E-state index in [9.17, 15) is 4.79 Å². The fraction of sp³-hybridized carbons (Fsp3) is 0.500. The Bertz CT molecular complexity index is 1080. The third kappa shape index (κ3) is 2.81. The van der Waals surface area contributed by atoms with Gasteiger partial charge in [-0.25, -0.2) is 4.40 Å². The number of nitrogens with zero attached hydrogens (tertiary/aromatic N) is 4. The fourth-order valence-corrected chi connectivity index (χ4v) is 5.10. The van der Waals surface area contributed by atoms with Gasteiger partial charge in [0.15, 0.2) is 5.16 Å². The molecule has 1 aliphatic rings. The number of hydrogen-bond donors (Lipinski definition) is 0. The summed E-state index contributed by atoms with van der Waals surface area (Å²) in [4.78, 5) is 13.8. The summed E-state index contributed by atoms with van der Waals surface area (Å²) in [6.07, 6.45) is 3.81. The minimum Gasteiger partial charge on any atom is -0.309 e. The molecule has 1 aliphatic carbocycles. The average molecular weight is 397 g/mol. The number of thioether (sulfide) groups is 1. The summed E-state index contributed by atoms with van der Waals surface area (Å²) in [7, 11) is 0. The van der Waals surface area contributed by atoms with Crippen molar-refractivity contribution in [2.75, 3.05) is 5.75 Å². The molecule has 0 fully saturated rings. The van der Waals surface area contributed by atoms with Crippen LogP contribution < -0.4 is 5.56 Å². The van der Waals surface area contributed by atoms with Gasteiger partial charge >= 0.3 is 0 Å². The largest absolute Gasteiger partial charge is 0.309 e. The molecule has 0 spiro atoms. The zero-order chi connectivity index (χ0) is 19.9. The van der Waals surface area contributed by atoms with E-state index >= 15 is 0 Å². The lowest BCUT2D eigenvalue weighted by molar-refractivity contribution is 0.434. The van der Waals surface area contributed by atoms with Gasteiger partial charge in [0, 0.05) is 28.8 Å². The number of benzene rings is 1. The quantitative estimate of drug-likeness (QED) is 0.567. The van der Waals surface area contributed by atoms with Crippen LogP contribution in [0.5, 0.6) is 0 Å². The molecule has 0 saturated heterocycles. The van der Waals surface area contributed by atoms with Crippen LogP contribution in [0.25, 0.3) is 17.0 Å². The van der Waals surface area contributed by atoms with Gasteiger partial charge in [0.2, 0.25) is 5.78 Å². The van der Waals surface area contributed by atoms with Crippen LogP contribution in [0.15, 0.2) is 34.2 Å². The summed E-state index contributed by atoms with van der Waals surface area (Å²) >= 11 is 1.62. The minimum atomic E-state index is -0.193. The molecule has 0 amide bonds. The van der Waals surface area contributed by atoms with Crippen LogP contribution in [0.1, 0.15) is 58.1 Å². The second kappa shape index (κ2) is 7.39. The van der Waals surface area contributed by atoms with Crippen LogP contribution in [0.4, 0.5) is 0 Å². The van der Waals surface area contributed by atoms with Crippen molar-refractivity contribution in [1.82, 2.24) is 19.2 Å². The molecule has 0 saturated carbocycles. The number of aryl methyl sites for hydroxylation is 1. The average Bonchev–Trinajstić information content (AvgIpc) is 3.13. The van der Waals surface area contributed by atoms with Crippen LogP contribution in [0.3, 0.4) is 0 Å². The van der Waals surface area contributed by atoms with E-state index in [0.29, 0.717) is 10.9 Å². The summed E-state index contributed by atoms with van der Waals surface area (Å²) in [5.41, 5.74) is 4.31. The Balaban J connectivity index is 2.14. The number of aromatic nitrogens is 4. The molecule has 1 atom stereocenters. The molecule has 2 aromatic heterocycles. The van der Waals surface area contributed by atoms with Crippen LogP contribution in [-0.2, 0) is 18.4 Å². The van der Waals surface area contributed by atoms with E-state index < -0.39 is 0 Å². The first kappa shape index (κ1) is 19.2. The second-order valence-corrected chi connectivity index (χ2v) is 8.96. The molecule has 2 heterocycles. The lowest BCUT2D eigenvalue weighted by Gasteiger charge is -2.37. The number of hydrogen-bond acceptors (Lipinski definition) is 4. The van der Waals surface area contributed by atoms with Gasteiger partial charge in [-0.3, -0.25) is 4.79 Å². The first-order valence-corrected chi connectivity index (χ1v) is 11.3. The van der Waals surface area contributed by atoms with Gasteiger partial charge in [-0.1, -0.05) is 63.7 Å². The molecular weight excluding hydrogens is 368 g/mol. The van der Waals surface area contributed by atoms with Crippen LogP contribution in [0, 0.1) is 0 Å². The minimum absolute atomic E-state index is 0.0554. The van der Waals surface area contributed by atoms with Gasteiger partial charge in [0.25, 0.3) is 5.56 Å². The zero-order valence-corrected chi connectivity index (χ0v) is 18.0. The number of rotatable bonds is 6. The normalized spacial score (nSPS) is 18.3. The number of fused-ring (bicyclic) bond motifs is 4. The Hall–Kier alpha value is -2.08. The first-order valence-electron chi connectivity index (χ1n) is 10.3. The molecule has 148 valence electrons. The highest BCUT2D eigenvalue weighted by Gasteiger charge is 2.39. The Morgan fingerprint density at radius 1 is 1.14 bits per heavy atom. The van der Waals surface area contributed by atoms with Gasteiger partial charge < -0.3 is 4.57 Å². The van der Waals surface area contributed by atoms with Crippen molar-refractivity contribution in [1.29, 1.82) is 0 Å². The molecule has 5 nitrogen and oxygen atoms in total. The Labute approximate surface area is 170 Å². The smallest absolute Gasteiger partial charge is 0.265 e. The lowest BCUT2D eigenvalue weighted by Crippen LogP contribution is -2.39. The molecule has 1 aromatic carbocycles. The van der Waals surface area contributed by atoms with Gasteiger partial charge in [0.1, 0.15) is 0 Å². The predicted octanol–water partition coefficient (Wildman–Crippen LogP) is 4.69. The van der Waals surface area contributed by atoms with Crippen molar-refractivity contribution in [3.05, 3.63) is 45.7 Å². The van der Waals surface area contributed by atoms with E-state index in [1.54, 1.807) is 16.2 Å². The molecule has 3 aromatic rings. The lowest BCUT2D eigenvalue weighted by atomic mass is 9.69. The molecule has 0 bridgehead atoms. The van der Waals surface area contributed by atoms with Crippen molar-refractivity contribution in [2.45, 2.75) is 70.5 Å². The molecular formula is C22H28N4OS. The van der Waals surface area contributed by atoms with Crippen LogP contribution in [-0.4, -0.2) is 24.9 Å². The van der Waals surface area contributed by atoms with E-state index in [4.69, 9.17) is 0 Å². The monoisotopic (exact) mass is 396 g/mol. The Morgan fingerprint density at radius 2 is 1.93 bits per heavy atom. The SMILES string of the molecule is CCCSc1nnc2n(CCC)c3c(c(=O)n12)[C@@](C)(CC)Cc1ccccc1-3. The second-order valence-electron chi connectivity index (χ2n) is 7.89. The van der Waals surface area contributed by atoms with E-state index in [1.165, 1.54) is 11.1 Å². The van der Waals surface area contributed by atoms with Crippen LogP contribution >= 0.6 is 11.8 Å². The highest BCUT2D eigenvalue weighted by atomic mass is 32.2. The zero-order valence-electron chi connectivity index (χ0n) is 17.2. The van der Waals surface area contributed by atoms with E-state index in [2.05, 4.69) is 66.7 Å². The maximum absolute atomic E-state index is 13.8. The molecule has 0 radical (unpaired) electrons. The first-order chi connectivity index (χ1) is 13.6. The topological polar surface area (TPSA) is 52.2 Å². The summed E-state index contributed by atoms with van der Waals surface area (Å²) in [5, 5.41) is 9.57. The van der Waals surface area contributed by atoms with Gasteiger partial charge in [-0.05, 0) is 31.2 Å². The van der Waals surface area contributed by atoms with Crippen molar-refractivity contribution < 1.29 is 0 Å². The highest BCUT2D eigenvalue weighted by molar-refractivity contribution is 7.99. The van der Waals surface area contributed by atoms with Crippen LogP contribution in [0.2, 0.25) is 0 Å². The highest BCUT2D eigenvalue weighted by Crippen LogP contribution is 2.43. The van der Waals surface area contributed by atoms with Gasteiger partial charge in [0.05, 0.1) is 5.69 Å². The van der Waals surface area contributed by atoms with Crippen molar-refractivity contribution in [2.24, 2.45) is 0 Å². The standard InChI is InChI=1S/C22H28N4OS/c1-5-12-25-18-16-11-9-8-10-15(16)14-22(4,7-3)17(18)19(27)26-20(25)23-24-21(26)28-13-6-2/h8-11H,5-7,12-14H2,1-4H3/t22-/m0/s1. The predicted molar refractivity (Wildman–Crippen MR) is 115 cm³/mol. The van der Waals surface area contributed by atoms with E-state index in [0.717, 1.165) is 49.2 Å². The molecule has 0 N–H and O–H groups in total. The summed E-state index contributed by atoms with van der Waals surface area (Å²) in [5.74, 6) is 1.60. The van der Waals surface area contributed by atoms with E-state index in [-0.39, 0.29) is 11.0 Å². The summed E-state index contributed by atoms with van der Waals surface area (Å²) < 4.78 is 3.99. The third-order valence-electron chi connectivity index (χ3n) is 5.90. The molecule has 0 aliphatic heterocycles. The Kier molecular flexibility index (Phi) is 5.08. The Morgan fingerprint density at radius 3 is 2.64 bits per heavy atom. The summed E-state index contributed by atoms with van der Waals surface area (Å²) in [6.45, 7) is 9.53. The van der Waals surface area contributed by atoms with Gasteiger partial charge in [-0.2, -0.15) is 0 Å². The van der Waals surface area contributed by atoms with Gasteiger partial charge in [-0.15, -0.1) is 10.2 Å². The summed E-state index contributed by atoms with van der Waals surface area (Å²) in [6, 6.07) is 8.50. The molecule has 0 unspecified atom stereocenters. The van der Waals surface area contributed by atoms with Crippen molar-refractivity contribution in [3.63, 3.8) is 0 Å². The maximum Gasteiger partial charge on any atom is 0.265 e. The molecule has 28 heavy (non-hydrogen) atoms. The maximum atomic E-state index is 13.8. The molecule has 6 heteroatoms.